The molecule has 0 aliphatic carbocycles. The fourth-order valence-electron chi connectivity index (χ4n) is 4.28. The van der Waals surface area contributed by atoms with E-state index in [1.54, 1.807) is 30.9 Å². The van der Waals surface area contributed by atoms with Crippen LogP contribution in [0, 0.1) is 12.7 Å². The third-order valence-corrected chi connectivity index (χ3v) is 6.24. The van der Waals surface area contributed by atoms with Gasteiger partial charge in [-0.1, -0.05) is 11.2 Å². The van der Waals surface area contributed by atoms with Crippen LogP contribution in [0.2, 0.25) is 0 Å². The van der Waals surface area contributed by atoms with Gasteiger partial charge >= 0.3 is 0 Å². The second-order valence-electron chi connectivity index (χ2n) is 8.97. The molecule has 0 spiro atoms. The number of aromatic amines is 1. The Bertz CT molecular complexity index is 1240. The number of halogens is 1. The van der Waals surface area contributed by atoms with E-state index < -0.39 is 29.7 Å². The number of nitrogens with one attached hydrogen (secondary N) is 3. The number of carbonyl (C=O) groups is 3. The molecule has 3 heterocycles. The minimum absolute atomic E-state index is 0.0138. The van der Waals surface area contributed by atoms with E-state index in [0.717, 1.165) is 19.3 Å². The Labute approximate surface area is 201 Å². The third kappa shape index (κ3) is 5.50. The molecule has 3 N–H and O–H groups in total. The zero-order chi connectivity index (χ0) is 25.1. The van der Waals surface area contributed by atoms with Gasteiger partial charge in [0.2, 0.25) is 11.8 Å². The van der Waals surface area contributed by atoms with E-state index in [1.807, 2.05) is 6.92 Å². The van der Waals surface area contributed by atoms with Crippen LogP contribution < -0.4 is 10.6 Å². The molecule has 0 unspecified atom stereocenters. The van der Waals surface area contributed by atoms with Gasteiger partial charge in [-0.2, -0.15) is 0 Å². The molecule has 35 heavy (non-hydrogen) atoms. The summed E-state index contributed by atoms with van der Waals surface area (Å²) in [5.74, 6) is -1.08. The molecule has 1 aliphatic heterocycles. The summed E-state index contributed by atoms with van der Waals surface area (Å²) in [6, 6.07) is 4.29. The third-order valence-electron chi connectivity index (χ3n) is 6.24. The molecule has 0 saturated carbocycles. The van der Waals surface area contributed by atoms with Crippen LogP contribution in [-0.2, 0) is 9.59 Å². The lowest BCUT2D eigenvalue weighted by Crippen LogP contribution is -2.51. The Morgan fingerprint density at radius 2 is 2.09 bits per heavy atom. The first kappa shape index (κ1) is 24.4. The number of hydrogen-bond acceptors (Lipinski definition) is 6. The van der Waals surface area contributed by atoms with Crippen molar-refractivity contribution in [1.29, 1.82) is 0 Å². The second-order valence-corrected chi connectivity index (χ2v) is 8.97. The maximum Gasteiger partial charge on any atom is 0.274 e. The standard InChI is InChI=1S/C24H29FN6O4/c1-13-7-4-5-10-31(13)20(32)12-18(28-24(34)19-11-14(2)35-30-19)23(33)26-15(3)22-27-17-9-6-8-16(25)21(17)29-22/h6,8-9,11,13,15,18H,4-5,7,10,12H2,1-3H3,(H,26,33)(H,27,29)(H,28,34)/t13-,15-,18-/m0/s1. The number of nitrogens with zero attached hydrogens (tertiary/aromatic N) is 3. The molecule has 10 nitrogen and oxygen atoms in total. The summed E-state index contributed by atoms with van der Waals surface area (Å²) in [4.78, 5) is 48.0. The van der Waals surface area contributed by atoms with E-state index in [4.69, 9.17) is 4.52 Å². The summed E-state index contributed by atoms with van der Waals surface area (Å²) in [5, 5.41) is 9.07. The number of hydrogen-bond donors (Lipinski definition) is 3. The number of aromatic nitrogens is 3. The molecule has 3 atom stereocenters. The largest absolute Gasteiger partial charge is 0.361 e. The number of aryl methyl sites for hydroxylation is 1. The molecule has 1 aromatic carbocycles. The number of H-pyrrole nitrogens is 1. The molecule has 3 aromatic rings. The van der Waals surface area contributed by atoms with Crippen LogP contribution in [-0.4, -0.2) is 56.4 Å². The number of piperidine rings is 1. The lowest BCUT2D eigenvalue weighted by Gasteiger charge is -2.34. The summed E-state index contributed by atoms with van der Waals surface area (Å²) in [7, 11) is 0. The Kier molecular flexibility index (Phi) is 7.13. The Hall–Kier alpha value is -3.76. The van der Waals surface area contributed by atoms with Crippen LogP contribution in [0.1, 0.15) is 67.6 Å². The smallest absolute Gasteiger partial charge is 0.274 e. The number of rotatable bonds is 7. The number of para-hydroxylation sites is 1. The number of likely N-dealkylation sites (tertiary alicyclic amines) is 1. The minimum atomic E-state index is -1.15. The van der Waals surface area contributed by atoms with Gasteiger partial charge in [0.15, 0.2) is 11.5 Å². The first-order chi connectivity index (χ1) is 16.7. The summed E-state index contributed by atoms with van der Waals surface area (Å²) in [6.07, 6.45) is 2.64. The molecule has 0 radical (unpaired) electrons. The molecule has 4 rings (SSSR count). The molecule has 0 bridgehead atoms. The van der Waals surface area contributed by atoms with E-state index in [2.05, 4.69) is 25.8 Å². The normalized spacial score (nSPS) is 17.7. The molecule has 186 valence electrons. The van der Waals surface area contributed by atoms with Crippen LogP contribution >= 0.6 is 0 Å². The second kappa shape index (κ2) is 10.2. The van der Waals surface area contributed by atoms with Gasteiger partial charge in [-0.3, -0.25) is 14.4 Å². The van der Waals surface area contributed by atoms with Crippen molar-refractivity contribution in [3.63, 3.8) is 0 Å². The molecule has 2 aromatic heterocycles. The van der Waals surface area contributed by atoms with Gasteiger partial charge in [0.25, 0.3) is 5.91 Å². The zero-order valence-electron chi connectivity index (χ0n) is 19.9. The van der Waals surface area contributed by atoms with Crippen molar-refractivity contribution < 1.29 is 23.3 Å². The fourth-order valence-corrected chi connectivity index (χ4v) is 4.28. The minimum Gasteiger partial charge on any atom is -0.361 e. The number of benzene rings is 1. The quantitative estimate of drug-likeness (QED) is 0.472. The highest BCUT2D eigenvalue weighted by Gasteiger charge is 2.31. The first-order valence-corrected chi connectivity index (χ1v) is 11.7. The fraction of sp³-hybridized carbons (Fsp3) is 0.458. The van der Waals surface area contributed by atoms with Crippen molar-refractivity contribution in [2.75, 3.05) is 6.54 Å². The highest BCUT2D eigenvalue weighted by Crippen LogP contribution is 2.20. The highest BCUT2D eigenvalue weighted by atomic mass is 19.1. The van der Waals surface area contributed by atoms with Gasteiger partial charge in [-0.15, -0.1) is 0 Å². The summed E-state index contributed by atoms with van der Waals surface area (Å²) < 4.78 is 19.0. The molecule has 1 aliphatic rings. The van der Waals surface area contributed by atoms with E-state index in [0.29, 0.717) is 23.6 Å². The van der Waals surface area contributed by atoms with Crippen molar-refractivity contribution in [2.24, 2.45) is 0 Å². The van der Waals surface area contributed by atoms with Crippen LogP contribution in [0.25, 0.3) is 11.0 Å². The summed E-state index contributed by atoms with van der Waals surface area (Å²) in [6.45, 7) is 5.92. The molecule has 3 amide bonds. The number of amides is 3. The molecule has 1 fully saturated rings. The Balaban J connectivity index is 1.51. The Morgan fingerprint density at radius 3 is 2.77 bits per heavy atom. The maximum absolute atomic E-state index is 14.0. The SMILES string of the molecule is Cc1cc(C(=O)N[C@@H](CC(=O)N2CCCC[C@@H]2C)C(=O)N[C@@H](C)c2nc3c(F)cccc3[nH]2)no1. The van der Waals surface area contributed by atoms with Crippen molar-refractivity contribution in [3.8, 4) is 0 Å². The lowest BCUT2D eigenvalue weighted by atomic mass is 10.0. The van der Waals surface area contributed by atoms with Crippen LogP contribution in [0.5, 0.6) is 0 Å². The average molecular weight is 485 g/mol. The van der Waals surface area contributed by atoms with Crippen LogP contribution in [0.4, 0.5) is 4.39 Å². The van der Waals surface area contributed by atoms with Gasteiger partial charge in [-0.05, 0) is 52.2 Å². The summed E-state index contributed by atoms with van der Waals surface area (Å²) in [5.41, 5.74) is 0.686. The predicted octanol–water partition coefficient (Wildman–Crippen LogP) is 2.77. The van der Waals surface area contributed by atoms with Crippen molar-refractivity contribution >= 4 is 28.8 Å². The zero-order valence-corrected chi connectivity index (χ0v) is 19.9. The van der Waals surface area contributed by atoms with Crippen LogP contribution in [0.3, 0.4) is 0 Å². The van der Waals surface area contributed by atoms with E-state index in [-0.39, 0.29) is 29.6 Å². The predicted molar refractivity (Wildman–Crippen MR) is 125 cm³/mol. The molecule has 1 saturated heterocycles. The highest BCUT2D eigenvalue weighted by molar-refractivity contribution is 5.97. The lowest BCUT2D eigenvalue weighted by molar-refractivity contribution is -0.137. The monoisotopic (exact) mass is 484 g/mol. The van der Waals surface area contributed by atoms with Crippen molar-refractivity contribution in [1.82, 2.24) is 30.7 Å². The van der Waals surface area contributed by atoms with Gasteiger partial charge in [-0.25, -0.2) is 9.37 Å². The van der Waals surface area contributed by atoms with E-state index in [1.165, 1.54) is 12.1 Å². The van der Waals surface area contributed by atoms with E-state index in [9.17, 15) is 18.8 Å². The van der Waals surface area contributed by atoms with Crippen molar-refractivity contribution in [2.45, 2.75) is 64.6 Å². The maximum atomic E-state index is 14.0. The van der Waals surface area contributed by atoms with E-state index >= 15 is 0 Å². The number of fused-ring (bicyclic) bond motifs is 1. The topological polar surface area (TPSA) is 133 Å². The first-order valence-electron chi connectivity index (χ1n) is 11.7. The van der Waals surface area contributed by atoms with Gasteiger partial charge in [0, 0.05) is 18.7 Å². The Morgan fingerprint density at radius 1 is 1.29 bits per heavy atom. The van der Waals surface area contributed by atoms with Gasteiger partial charge in [0.1, 0.15) is 23.1 Å². The number of carbonyl (C=O) groups excluding carboxylic acids is 3. The summed E-state index contributed by atoms with van der Waals surface area (Å²) >= 11 is 0. The molecular formula is C24H29FN6O4. The van der Waals surface area contributed by atoms with Gasteiger partial charge < -0.3 is 25.0 Å². The molecular weight excluding hydrogens is 455 g/mol. The van der Waals surface area contributed by atoms with Crippen molar-refractivity contribution in [3.05, 3.63) is 47.4 Å². The molecule has 11 heteroatoms. The number of imidazole rings is 1. The average Bonchev–Trinajstić information content (AvgIpc) is 3.46. The van der Waals surface area contributed by atoms with Crippen LogP contribution in [0.15, 0.2) is 28.8 Å². The van der Waals surface area contributed by atoms with Gasteiger partial charge in [0.05, 0.1) is 18.0 Å².